The summed E-state index contributed by atoms with van der Waals surface area (Å²) in [7, 11) is -4.15. The minimum absolute atomic E-state index is 0.0746. The number of halogens is 2. The number of hydrogen-bond donors (Lipinski definition) is 1. The van der Waals surface area contributed by atoms with E-state index in [2.05, 4.69) is 0 Å². The van der Waals surface area contributed by atoms with Gasteiger partial charge in [-0.25, -0.2) is 17.2 Å². The van der Waals surface area contributed by atoms with E-state index in [0.717, 1.165) is 16.4 Å². The molecule has 1 fully saturated rings. The van der Waals surface area contributed by atoms with E-state index in [4.69, 9.17) is 10.5 Å². The molecule has 2 N–H and O–H groups in total. The average molecular weight is 320 g/mol. The van der Waals surface area contributed by atoms with E-state index >= 15 is 0 Å². The van der Waals surface area contributed by atoms with Crippen molar-refractivity contribution >= 4 is 10.0 Å². The molecule has 2 unspecified atom stereocenters. The van der Waals surface area contributed by atoms with Crippen LogP contribution in [0.2, 0.25) is 0 Å². The Hall–Kier alpha value is -1.09. The fourth-order valence-electron chi connectivity index (χ4n) is 2.26. The SMILES string of the molecule is CC1CN(S(=O)(=O)c2cc(CN)cc(F)c2F)C(C)CO1. The topological polar surface area (TPSA) is 72.6 Å². The van der Waals surface area contributed by atoms with Crippen molar-refractivity contribution in [3.05, 3.63) is 29.3 Å². The molecule has 0 aromatic heterocycles. The smallest absolute Gasteiger partial charge is 0.246 e. The van der Waals surface area contributed by atoms with Gasteiger partial charge in [0.25, 0.3) is 0 Å². The monoisotopic (exact) mass is 320 g/mol. The second-order valence-corrected chi connectivity index (χ2v) is 7.02. The number of nitrogens with zero attached hydrogens (tertiary/aromatic N) is 1. The maximum absolute atomic E-state index is 13.9. The molecule has 1 heterocycles. The summed E-state index contributed by atoms with van der Waals surface area (Å²) in [5.74, 6) is -2.59. The third-order valence-electron chi connectivity index (χ3n) is 3.43. The van der Waals surface area contributed by atoms with Crippen LogP contribution in [0, 0.1) is 11.6 Å². The van der Waals surface area contributed by atoms with Crippen LogP contribution in [-0.2, 0) is 21.3 Å². The van der Waals surface area contributed by atoms with E-state index in [1.54, 1.807) is 13.8 Å². The van der Waals surface area contributed by atoms with Crippen molar-refractivity contribution in [1.29, 1.82) is 0 Å². The molecule has 1 saturated heterocycles. The Kier molecular flexibility index (Phi) is 4.62. The lowest BCUT2D eigenvalue weighted by Crippen LogP contribution is -2.50. The molecule has 5 nitrogen and oxygen atoms in total. The fourth-order valence-corrected chi connectivity index (χ4v) is 4.07. The molecule has 2 atom stereocenters. The van der Waals surface area contributed by atoms with Crippen LogP contribution in [0.25, 0.3) is 0 Å². The molecule has 1 aliphatic heterocycles. The van der Waals surface area contributed by atoms with Crippen molar-refractivity contribution in [3.8, 4) is 0 Å². The fraction of sp³-hybridized carbons (Fsp3) is 0.538. The zero-order valence-electron chi connectivity index (χ0n) is 11.8. The van der Waals surface area contributed by atoms with Gasteiger partial charge in [0, 0.05) is 19.1 Å². The number of rotatable bonds is 3. The number of nitrogens with two attached hydrogens (primary N) is 1. The Balaban J connectivity index is 2.51. The Labute approximate surface area is 122 Å². The molecule has 8 heteroatoms. The number of morpholine rings is 1. The average Bonchev–Trinajstić information content (AvgIpc) is 2.43. The summed E-state index contributed by atoms with van der Waals surface area (Å²) in [6.07, 6.45) is -0.304. The molecule has 1 aliphatic rings. The molecule has 1 aromatic rings. The van der Waals surface area contributed by atoms with Crippen LogP contribution < -0.4 is 5.73 Å². The van der Waals surface area contributed by atoms with Crippen molar-refractivity contribution in [2.24, 2.45) is 5.73 Å². The summed E-state index contributed by atoms with van der Waals surface area (Å²) < 4.78 is 59.2. The van der Waals surface area contributed by atoms with Gasteiger partial charge in [-0.15, -0.1) is 0 Å². The van der Waals surface area contributed by atoms with E-state index < -0.39 is 32.6 Å². The Morgan fingerprint density at radius 1 is 1.38 bits per heavy atom. The number of ether oxygens (including phenoxy) is 1. The molecule has 21 heavy (non-hydrogen) atoms. The van der Waals surface area contributed by atoms with Crippen LogP contribution in [0.5, 0.6) is 0 Å². The van der Waals surface area contributed by atoms with Gasteiger partial charge in [-0.2, -0.15) is 4.31 Å². The number of benzene rings is 1. The second-order valence-electron chi connectivity index (χ2n) is 5.16. The van der Waals surface area contributed by atoms with E-state index in [0.29, 0.717) is 0 Å². The van der Waals surface area contributed by atoms with Crippen LogP contribution in [0.4, 0.5) is 8.78 Å². The zero-order valence-corrected chi connectivity index (χ0v) is 12.7. The summed E-state index contributed by atoms with van der Waals surface area (Å²) >= 11 is 0. The quantitative estimate of drug-likeness (QED) is 0.909. The Bertz CT molecular complexity index is 637. The van der Waals surface area contributed by atoms with E-state index in [-0.39, 0.29) is 31.4 Å². The van der Waals surface area contributed by atoms with Crippen molar-refractivity contribution in [1.82, 2.24) is 4.31 Å². The molecule has 0 bridgehead atoms. The van der Waals surface area contributed by atoms with Gasteiger partial charge in [0.1, 0.15) is 4.90 Å². The highest BCUT2D eigenvalue weighted by atomic mass is 32.2. The largest absolute Gasteiger partial charge is 0.375 e. The van der Waals surface area contributed by atoms with Crippen LogP contribution in [0.1, 0.15) is 19.4 Å². The van der Waals surface area contributed by atoms with Gasteiger partial charge in [-0.1, -0.05) is 0 Å². The molecule has 118 valence electrons. The number of sulfonamides is 1. The van der Waals surface area contributed by atoms with Gasteiger partial charge < -0.3 is 10.5 Å². The molecular formula is C13H18F2N2O3S. The van der Waals surface area contributed by atoms with Gasteiger partial charge in [0.05, 0.1) is 12.7 Å². The first kappa shape index (κ1) is 16.3. The van der Waals surface area contributed by atoms with Crippen LogP contribution in [0.3, 0.4) is 0 Å². The summed E-state index contributed by atoms with van der Waals surface area (Å²) in [5.41, 5.74) is 5.61. The maximum Gasteiger partial charge on any atom is 0.246 e. The molecular weight excluding hydrogens is 302 g/mol. The van der Waals surface area contributed by atoms with Gasteiger partial charge in [-0.05, 0) is 31.5 Å². The van der Waals surface area contributed by atoms with Crippen molar-refractivity contribution in [2.75, 3.05) is 13.2 Å². The summed E-state index contributed by atoms with van der Waals surface area (Å²) in [4.78, 5) is -0.677. The minimum Gasteiger partial charge on any atom is -0.375 e. The summed E-state index contributed by atoms with van der Waals surface area (Å²) in [6, 6.07) is 1.54. The highest BCUT2D eigenvalue weighted by Gasteiger charge is 2.36. The van der Waals surface area contributed by atoms with Crippen LogP contribution in [0.15, 0.2) is 17.0 Å². The maximum atomic E-state index is 13.9. The molecule has 0 amide bonds. The standard InChI is InChI=1S/C13H18F2N2O3S/c1-8-7-20-9(2)6-17(8)21(18,19)12-4-10(5-16)3-11(14)13(12)15/h3-4,8-9H,5-7,16H2,1-2H3. The van der Waals surface area contributed by atoms with E-state index in [1.807, 2.05) is 0 Å². The lowest BCUT2D eigenvalue weighted by molar-refractivity contribution is -0.0171. The lowest BCUT2D eigenvalue weighted by Gasteiger charge is -2.35. The first-order valence-corrected chi connectivity index (χ1v) is 8.02. The van der Waals surface area contributed by atoms with Gasteiger partial charge in [0.2, 0.25) is 10.0 Å². The summed E-state index contributed by atoms with van der Waals surface area (Å²) in [6.45, 7) is 3.61. The third kappa shape index (κ3) is 3.08. The molecule has 0 spiro atoms. The normalized spacial score (nSPS) is 24.2. The van der Waals surface area contributed by atoms with E-state index in [1.165, 1.54) is 0 Å². The first-order valence-electron chi connectivity index (χ1n) is 6.58. The first-order chi connectivity index (χ1) is 9.77. The lowest BCUT2D eigenvalue weighted by atomic mass is 10.2. The molecule has 2 rings (SSSR count). The second kappa shape index (κ2) is 5.96. The van der Waals surface area contributed by atoms with Crippen molar-refractivity contribution in [3.63, 3.8) is 0 Å². The summed E-state index contributed by atoms with van der Waals surface area (Å²) in [5, 5.41) is 0. The Morgan fingerprint density at radius 3 is 2.67 bits per heavy atom. The predicted octanol–water partition coefficient (Wildman–Crippen LogP) is 1.22. The molecule has 1 aromatic carbocycles. The molecule has 0 aliphatic carbocycles. The predicted molar refractivity (Wildman–Crippen MR) is 73.0 cm³/mol. The van der Waals surface area contributed by atoms with Crippen molar-refractivity contribution in [2.45, 2.75) is 37.4 Å². The van der Waals surface area contributed by atoms with Crippen molar-refractivity contribution < 1.29 is 21.9 Å². The Morgan fingerprint density at radius 2 is 2.05 bits per heavy atom. The van der Waals surface area contributed by atoms with E-state index in [9.17, 15) is 17.2 Å². The highest BCUT2D eigenvalue weighted by Crippen LogP contribution is 2.26. The van der Waals surface area contributed by atoms with Crippen LogP contribution >= 0.6 is 0 Å². The van der Waals surface area contributed by atoms with Gasteiger partial charge in [0.15, 0.2) is 11.6 Å². The third-order valence-corrected chi connectivity index (χ3v) is 5.41. The zero-order chi connectivity index (χ0) is 15.8. The minimum atomic E-state index is -4.15. The van der Waals surface area contributed by atoms with Gasteiger partial charge >= 0.3 is 0 Å². The van der Waals surface area contributed by atoms with Gasteiger partial charge in [-0.3, -0.25) is 0 Å². The molecule has 0 radical (unpaired) electrons. The highest BCUT2D eigenvalue weighted by molar-refractivity contribution is 7.89. The molecule has 0 saturated carbocycles. The van der Waals surface area contributed by atoms with Crippen LogP contribution in [-0.4, -0.2) is 38.0 Å². The number of hydrogen-bond acceptors (Lipinski definition) is 4.